The molecule has 0 radical (unpaired) electrons. The van der Waals surface area contributed by atoms with Gasteiger partial charge in [-0.05, 0) is 23.6 Å². The number of sulfonamides is 1. The zero-order chi connectivity index (χ0) is 21.1. The minimum absolute atomic E-state index is 0.156. The molecule has 0 spiro atoms. The lowest BCUT2D eigenvalue weighted by atomic mass is 10.1. The van der Waals surface area contributed by atoms with Crippen LogP contribution >= 0.6 is 0 Å². The van der Waals surface area contributed by atoms with Gasteiger partial charge in [0.25, 0.3) is 0 Å². The van der Waals surface area contributed by atoms with E-state index in [4.69, 9.17) is 0 Å². The summed E-state index contributed by atoms with van der Waals surface area (Å²) in [5.41, 5.74) is 0.749. The lowest BCUT2D eigenvalue weighted by Crippen LogP contribution is -2.50. The topological polar surface area (TPSA) is 69.7 Å². The van der Waals surface area contributed by atoms with Crippen molar-refractivity contribution in [2.75, 3.05) is 38.0 Å². The van der Waals surface area contributed by atoms with E-state index < -0.39 is 15.8 Å². The van der Waals surface area contributed by atoms with Crippen molar-refractivity contribution in [2.24, 2.45) is 0 Å². The van der Waals surface area contributed by atoms with Gasteiger partial charge in [0.15, 0.2) is 0 Å². The highest BCUT2D eigenvalue weighted by molar-refractivity contribution is 7.89. The average molecular weight is 428 g/mol. The number of anilines is 1. The van der Waals surface area contributed by atoms with Crippen molar-refractivity contribution in [1.29, 1.82) is 0 Å². The zero-order valence-corrected chi connectivity index (χ0v) is 17.1. The van der Waals surface area contributed by atoms with Crippen LogP contribution < -0.4 is 5.32 Å². The highest BCUT2D eigenvalue weighted by Crippen LogP contribution is 2.23. The fourth-order valence-electron chi connectivity index (χ4n) is 3.65. The Labute approximate surface area is 175 Å². The Morgan fingerprint density at radius 2 is 1.57 bits per heavy atom. The molecule has 30 heavy (non-hydrogen) atoms. The van der Waals surface area contributed by atoms with Crippen molar-refractivity contribution in [3.63, 3.8) is 0 Å². The van der Waals surface area contributed by atoms with Gasteiger partial charge < -0.3 is 5.32 Å². The third-order valence-corrected chi connectivity index (χ3v) is 7.15. The normalized spacial score (nSPS) is 15.9. The molecule has 0 bridgehead atoms. The van der Waals surface area contributed by atoms with E-state index in [0.717, 1.165) is 22.5 Å². The summed E-state index contributed by atoms with van der Waals surface area (Å²) in [5.74, 6) is -0.911. The molecule has 0 unspecified atom stereocenters. The molecule has 0 saturated carbocycles. The van der Waals surface area contributed by atoms with Crippen LogP contribution in [0.25, 0.3) is 10.8 Å². The van der Waals surface area contributed by atoms with E-state index in [1.807, 2.05) is 47.4 Å². The highest BCUT2D eigenvalue weighted by Gasteiger charge is 2.30. The number of carbonyl (C=O) groups is 1. The number of fused-ring (bicyclic) bond motifs is 1. The molecule has 0 aromatic heterocycles. The van der Waals surface area contributed by atoms with Crippen LogP contribution in [0.2, 0.25) is 0 Å². The van der Waals surface area contributed by atoms with E-state index in [0.29, 0.717) is 13.1 Å². The highest BCUT2D eigenvalue weighted by atomic mass is 32.2. The van der Waals surface area contributed by atoms with Gasteiger partial charge in [0.2, 0.25) is 15.9 Å². The lowest BCUT2D eigenvalue weighted by Gasteiger charge is -2.33. The number of halogens is 1. The molecule has 156 valence electrons. The third-order valence-electron chi connectivity index (χ3n) is 5.22. The summed E-state index contributed by atoms with van der Waals surface area (Å²) in [6.07, 6.45) is 0. The SMILES string of the molecule is O=C(CN1CCN(S(=O)(=O)c2ccccc2F)CC1)Nc1cccc2ccccc12. The van der Waals surface area contributed by atoms with E-state index in [1.54, 1.807) is 0 Å². The summed E-state index contributed by atoms with van der Waals surface area (Å²) in [6, 6.07) is 18.9. The number of nitrogens with zero attached hydrogens (tertiary/aromatic N) is 2. The number of amides is 1. The van der Waals surface area contributed by atoms with Gasteiger partial charge in [0, 0.05) is 37.3 Å². The summed E-state index contributed by atoms with van der Waals surface area (Å²) in [6.45, 7) is 1.38. The Bertz CT molecular complexity index is 1170. The minimum Gasteiger partial charge on any atom is -0.324 e. The van der Waals surface area contributed by atoms with Gasteiger partial charge in [0.1, 0.15) is 10.7 Å². The van der Waals surface area contributed by atoms with Crippen LogP contribution in [-0.2, 0) is 14.8 Å². The second-order valence-electron chi connectivity index (χ2n) is 7.19. The Balaban J connectivity index is 1.37. The van der Waals surface area contributed by atoms with Gasteiger partial charge in [-0.1, -0.05) is 48.5 Å². The molecule has 1 aliphatic rings. The predicted octanol–water partition coefficient (Wildman–Crippen LogP) is 2.92. The van der Waals surface area contributed by atoms with Crippen LogP contribution in [0.5, 0.6) is 0 Å². The van der Waals surface area contributed by atoms with Crippen molar-refractivity contribution < 1.29 is 17.6 Å². The quantitative estimate of drug-likeness (QED) is 0.680. The predicted molar refractivity (Wildman–Crippen MR) is 114 cm³/mol. The number of piperazine rings is 1. The first-order valence-corrected chi connectivity index (χ1v) is 11.1. The molecule has 6 nitrogen and oxygen atoms in total. The Morgan fingerprint density at radius 3 is 2.33 bits per heavy atom. The second-order valence-corrected chi connectivity index (χ2v) is 9.09. The van der Waals surface area contributed by atoms with Crippen LogP contribution in [0.4, 0.5) is 10.1 Å². The molecular formula is C22H22FN3O3S. The molecule has 1 aliphatic heterocycles. The van der Waals surface area contributed by atoms with Crippen LogP contribution in [0.15, 0.2) is 71.6 Å². The van der Waals surface area contributed by atoms with Gasteiger partial charge >= 0.3 is 0 Å². The van der Waals surface area contributed by atoms with E-state index >= 15 is 0 Å². The fourth-order valence-corrected chi connectivity index (χ4v) is 5.14. The van der Waals surface area contributed by atoms with Crippen LogP contribution in [0.1, 0.15) is 0 Å². The molecule has 3 aromatic rings. The van der Waals surface area contributed by atoms with Crippen molar-refractivity contribution in [1.82, 2.24) is 9.21 Å². The molecular weight excluding hydrogens is 405 g/mol. The average Bonchev–Trinajstić information content (AvgIpc) is 2.74. The van der Waals surface area contributed by atoms with Crippen LogP contribution in [0.3, 0.4) is 0 Å². The van der Waals surface area contributed by atoms with Crippen molar-refractivity contribution >= 4 is 32.4 Å². The number of nitrogens with one attached hydrogen (secondary N) is 1. The first kappa shape index (κ1) is 20.5. The van der Waals surface area contributed by atoms with Gasteiger partial charge in [-0.15, -0.1) is 0 Å². The van der Waals surface area contributed by atoms with Gasteiger partial charge in [0.05, 0.1) is 6.54 Å². The first-order valence-electron chi connectivity index (χ1n) is 9.70. The molecule has 1 amide bonds. The Morgan fingerprint density at radius 1 is 0.900 bits per heavy atom. The van der Waals surface area contributed by atoms with Crippen LogP contribution in [0, 0.1) is 5.82 Å². The molecule has 1 saturated heterocycles. The standard InChI is InChI=1S/C22H22FN3O3S/c23-19-9-3-4-11-21(19)30(28,29)26-14-12-25(13-15-26)16-22(27)24-20-10-5-7-17-6-1-2-8-18(17)20/h1-11H,12-16H2,(H,24,27). The van der Waals surface area contributed by atoms with E-state index in [9.17, 15) is 17.6 Å². The molecule has 0 aliphatic carbocycles. The van der Waals surface area contributed by atoms with Gasteiger partial charge in [-0.25, -0.2) is 12.8 Å². The number of benzene rings is 3. The third kappa shape index (κ3) is 4.21. The number of hydrogen-bond acceptors (Lipinski definition) is 4. The molecule has 4 rings (SSSR count). The number of carbonyl (C=O) groups excluding carboxylic acids is 1. The first-order chi connectivity index (χ1) is 14.4. The van der Waals surface area contributed by atoms with Crippen LogP contribution in [-0.4, -0.2) is 56.3 Å². The van der Waals surface area contributed by atoms with E-state index in [-0.39, 0.29) is 30.4 Å². The summed E-state index contributed by atoms with van der Waals surface area (Å²) in [4.78, 5) is 14.1. The largest absolute Gasteiger partial charge is 0.324 e. The maximum atomic E-state index is 13.9. The summed E-state index contributed by atoms with van der Waals surface area (Å²) in [5, 5.41) is 4.96. The molecule has 8 heteroatoms. The zero-order valence-electron chi connectivity index (χ0n) is 16.3. The lowest BCUT2D eigenvalue weighted by molar-refractivity contribution is -0.117. The second kappa shape index (κ2) is 8.51. The monoisotopic (exact) mass is 427 g/mol. The maximum absolute atomic E-state index is 13.9. The number of rotatable bonds is 5. The summed E-state index contributed by atoms with van der Waals surface area (Å²) in [7, 11) is -3.89. The van der Waals surface area contributed by atoms with Crippen molar-refractivity contribution in [3.05, 3.63) is 72.5 Å². The number of hydrogen-bond donors (Lipinski definition) is 1. The van der Waals surface area contributed by atoms with Crippen molar-refractivity contribution in [2.45, 2.75) is 4.90 Å². The fraction of sp³-hybridized carbons (Fsp3) is 0.227. The Kier molecular flexibility index (Phi) is 5.80. The molecule has 3 aromatic carbocycles. The Hall–Kier alpha value is -2.81. The minimum atomic E-state index is -3.89. The van der Waals surface area contributed by atoms with E-state index in [2.05, 4.69) is 5.32 Å². The van der Waals surface area contributed by atoms with Gasteiger partial charge in [-0.3, -0.25) is 9.69 Å². The smallest absolute Gasteiger partial charge is 0.246 e. The summed E-state index contributed by atoms with van der Waals surface area (Å²) >= 11 is 0. The molecule has 1 N–H and O–H groups in total. The molecule has 0 atom stereocenters. The van der Waals surface area contributed by atoms with E-state index in [1.165, 1.54) is 22.5 Å². The molecule has 1 fully saturated rings. The summed E-state index contributed by atoms with van der Waals surface area (Å²) < 4.78 is 40.6. The molecule has 1 heterocycles. The maximum Gasteiger partial charge on any atom is 0.246 e. The van der Waals surface area contributed by atoms with Gasteiger partial charge in [-0.2, -0.15) is 4.31 Å². The van der Waals surface area contributed by atoms with Crippen molar-refractivity contribution in [3.8, 4) is 0 Å².